The number of allylic oxidation sites excluding steroid dienone is 10. The minimum absolute atomic E-state index is 0.259. The summed E-state index contributed by atoms with van der Waals surface area (Å²) in [5.41, 5.74) is 11.1. The average Bonchev–Trinajstić information content (AvgIpc) is 3.07. The smallest absolute Gasteiger partial charge is 0.0557 e. The lowest BCUT2D eigenvalue weighted by atomic mass is 9.83. The van der Waals surface area contributed by atoms with Gasteiger partial charge >= 0.3 is 0 Å². The number of aryl methyl sites for hydroxylation is 1. The zero-order valence-electron chi connectivity index (χ0n) is 25.7. The van der Waals surface area contributed by atoms with Crippen molar-refractivity contribution in [3.63, 3.8) is 0 Å². The van der Waals surface area contributed by atoms with Gasteiger partial charge in [0.15, 0.2) is 0 Å². The number of rotatable bonds is 6. The van der Waals surface area contributed by atoms with Gasteiger partial charge in [-0.25, -0.2) is 0 Å². The molecular weight excluding hydrogens is 518 g/mol. The molecule has 0 saturated heterocycles. The highest BCUT2D eigenvalue weighted by Gasteiger charge is 2.28. The minimum Gasteiger partial charge on any atom is -0.337 e. The number of fused-ring (bicyclic) bond motifs is 3. The van der Waals surface area contributed by atoms with E-state index in [1.165, 1.54) is 66.3 Å². The molecule has 0 bridgehead atoms. The van der Waals surface area contributed by atoms with E-state index in [4.69, 9.17) is 0 Å². The highest BCUT2D eigenvalue weighted by molar-refractivity contribution is 6.17. The third-order valence-electron chi connectivity index (χ3n) is 9.49. The Morgan fingerprint density at radius 2 is 1.42 bits per heavy atom. The molecule has 3 aliphatic rings. The Bertz CT molecular complexity index is 1890. The quantitative estimate of drug-likeness (QED) is 0.212. The molecule has 7 rings (SSSR count). The monoisotopic (exact) mass is 559 g/mol. The van der Waals surface area contributed by atoms with Crippen molar-refractivity contribution in [2.75, 3.05) is 4.90 Å². The number of hydrogen-bond acceptors (Lipinski definition) is 1. The van der Waals surface area contributed by atoms with E-state index in [2.05, 4.69) is 147 Å². The Kier molecular flexibility index (Phi) is 7.49. The summed E-state index contributed by atoms with van der Waals surface area (Å²) in [6.45, 7) is 7.02. The van der Waals surface area contributed by atoms with Crippen molar-refractivity contribution in [2.24, 2.45) is 0 Å². The van der Waals surface area contributed by atoms with E-state index in [1.807, 2.05) is 0 Å². The zero-order chi connectivity index (χ0) is 29.3. The Balaban J connectivity index is 1.46. The van der Waals surface area contributed by atoms with Crippen LogP contribution in [-0.2, 0) is 0 Å². The molecular formula is C42H41N. The Labute approximate surface area is 256 Å². The summed E-state index contributed by atoms with van der Waals surface area (Å²) in [7, 11) is 0. The lowest BCUT2D eigenvalue weighted by Crippen LogP contribution is -2.35. The number of benzene rings is 4. The summed E-state index contributed by atoms with van der Waals surface area (Å²) in [5, 5.41) is 5.34. The number of hydrogen-bond donors (Lipinski definition) is 0. The molecule has 3 aliphatic carbocycles. The first-order valence-corrected chi connectivity index (χ1v) is 16.0. The van der Waals surface area contributed by atoms with Crippen LogP contribution in [0.15, 0.2) is 138 Å². The maximum atomic E-state index is 2.67. The van der Waals surface area contributed by atoms with Gasteiger partial charge in [0.25, 0.3) is 0 Å². The normalized spacial score (nSPS) is 18.2. The predicted molar refractivity (Wildman–Crippen MR) is 187 cm³/mol. The van der Waals surface area contributed by atoms with Crippen LogP contribution in [-0.4, -0.2) is 6.04 Å². The molecule has 0 N–H and O–H groups in total. The maximum Gasteiger partial charge on any atom is 0.0557 e. The molecule has 4 aromatic carbocycles. The van der Waals surface area contributed by atoms with Crippen molar-refractivity contribution in [1.29, 1.82) is 0 Å². The molecule has 0 radical (unpaired) electrons. The first-order valence-electron chi connectivity index (χ1n) is 16.0. The van der Waals surface area contributed by atoms with Crippen molar-refractivity contribution in [3.05, 3.63) is 149 Å². The van der Waals surface area contributed by atoms with Crippen LogP contribution in [0.25, 0.3) is 32.7 Å². The zero-order valence-corrected chi connectivity index (χ0v) is 25.7. The molecule has 1 heteroatoms. The molecule has 43 heavy (non-hydrogen) atoms. The molecule has 4 aromatic rings. The van der Waals surface area contributed by atoms with Gasteiger partial charge in [0.2, 0.25) is 0 Å². The summed E-state index contributed by atoms with van der Waals surface area (Å²) < 4.78 is 0. The van der Waals surface area contributed by atoms with Crippen LogP contribution in [0, 0.1) is 6.92 Å². The van der Waals surface area contributed by atoms with Crippen molar-refractivity contribution in [2.45, 2.75) is 64.8 Å². The molecule has 0 spiro atoms. The second kappa shape index (κ2) is 11.7. The molecule has 0 amide bonds. The van der Waals surface area contributed by atoms with Gasteiger partial charge in [-0.2, -0.15) is 0 Å². The largest absolute Gasteiger partial charge is 0.337 e. The van der Waals surface area contributed by atoms with Crippen LogP contribution in [0.2, 0.25) is 0 Å². The van der Waals surface area contributed by atoms with Gasteiger partial charge in [-0.15, -0.1) is 0 Å². The molecule has 214 valence electrons. The van der Waals surface area contributed by atoms with E-state index in [-0.39, 0.29) is 6.04 Å². The lowest BCUT2D eigenvalue weighted by molar-refractivity contribution is 0.716. The number of anilines is 1. The van der Waals surface area contributed by atoms with Gasteiger partial charge < -0.3 is 4.90 Å². The van der Waals surface area contributed by atoms with Crippen molar-refractivity contribution in [1.82, 2.24) is 0 Å². The fraction of sp³-hybridized carbons (Fsp3) is 0.238. The van der Waals surface area contributed by atoms with Crippen LogP contribution < -0.4 is 4.90 Å². The van der Waals surface area contributed by atoms with Gasteiger partial charge in [0.1, 0.15) is 0 Å². The first kappa shape index (κ1) is 27.5. The van der Waals surface area contributed by atoms with Crippen molar-refractivity contribution in [3.8, 4) is 11.1 Å². The van der Waals surface area contributed by atoms with Gasteiger partial charge in [-0.05, 0) is 106 Å². The summed E-state index contributed by atoms with van der Waals surface area (Å²) >= 11 is 0. The van der Waals surface area contributed by atoms with Gasteiger partial charge in [-0.3, -0.25) is 0 Å². The maximum absolute atomic E-state index is 2.67. The van der Waals surface area contributed by atoms with Gasteiger partial charge in [0.05, 0.1) is 6.04 Å². The van der Waals surface area contributed by atoms with E-state index in [0.29, 0.717) is 5.92 Å². The molecule has 1 nitrogen and oxygen atoms in total. The second-order valence-corrected chi connectivity index (χ2v) is 12.5. The molecule has 1 unspecified atom stereocenters. The number of nitrogens with zero attached hydrogens (tertiary/aromatic N) is 1. The highest BCUT2D eigenvalue weighted by atomic mass is 15.2. The highest BCUT2D eigenvalue weighted by Crippen LogP contribution is 2.47. The van der Waals surface area contributed by atoms with Crippen LogP contribution in [0.1, 0.15) is 63.0 Å². The average molecular weight is 560 g/mol. The van der Waals surface area contributed by atoms with E-state index < -0.39 is 0 Å². The topological polar surface area (TPSA) is 3.24 Å². The van der Waals surface area contributed by atoms with Crippen molar-refractivity contribution < 1.29 is 0 Å². The fourth-order valence-electron chi connectivity index (χ4n) is 7.37. The van der Waals surface area contributed by atoms with Crippen LogP contribution >= 0.6 is 0 Å². The summed E-state index contributed by atoms with van der Waals surface area (Å²) in [6.07, 6.45) is 26.4. The summed E-state index contributed by atoms with van der Waals surface area (Å²) in [5.74, 6) is 0.390. The molecule has 0 aliphatic heterocycles. The van der Waals surface area contributed by atoms with E-state index in [1.54, 1.807) is 0 Å². The van der Waals surface area contributed by atoms with Gasteiger partial charge in [-0.1, -0.05) is 123 Å². The van der Waals surface area contributed by atoms with Gasteiger partial charge in [0, 0.05) is 16.9 Å². The second-order valence-electron chi connectivity index (χ2n) is 12.5. The van der Waals surface area contributed by atoms with Crippen LogP contribution in [0.3, 0.4) is 0 Å². The molecule has 0 aromatic heterocycles. The predicted octanol–water partition coefficient (Wildman–Crippen LogP) is 11.7. The summed E-state index contributed by atoms with van der Waals surface area (Å²) in [6, 6.07) is 25.2. The van der Waals surface area contributed by atoms with Crippen molar-refractivity contribution >= 4 is 27.2 Å². The fourth-order valence-corrected chi connectivity index (χ4v) is 7.37. The lowest BCUT2D eigenvalue weighted by Gasteiger charge is -2.38. The van der Waals surface area contributed by atoms with E-state index >= 15 is 0 Å². The van der Waals surface area contributed by atoms with Crippen LogP contribution in [0.4, 0.5) is 5.69 Å². The third kappa shape index (κ3) is 5.01. The molecule has 1 atom stereocenters. The summed E-state index contributed by atoms with van der Waals surface area (Å²) in [4.78, 5) is 2.67. The third-order valence-corrected chi connectivity index (χ3v) is 9.49. The molecule has 0 fully saturated rings. The Morgan fingerprint density at radius 3 is 2.07 bits per heavy atom. The molecule has 0 saturated carbocycles. The SMILES string of the molecule is Cc1c(-c2c(C(C)C)cccc2N(C2=CC=CCC2)C2C=CC(C3=CC=CCC3)=CC2)c2ccccc2c2ccccc12. The minimum atomic E-state index is 0.259. The first-order chi connectivity index (χ1) is 21.1. The Hall–Kier alpha value is -4.36. The Morgan fingerprint density at radius 1 is 0.721 bits per heavy atom. The molecule has 0 heterocycles. The van der Waals surface area contributed by atoms with E-state index in [0.717, 1.165) is 32.1 Å². The van der Waals surface area contributed by atoms with Crippen LogP contribution in [0.5, 0.6) is 0 Å². The van der Waals surface area contributed by atoms with E-state index in [9.17, 15) is 0 Å². The standard InChI is InChI=1S/C42H41N/c1-29(2)35-23-14-24-40(42(35)41-30(3)36-19-10-11-20-37(36)38-21-12-13-22-39(38)41)43(33-17-8-5-9-18-33)34-27-25-32(26-28-34)31-15-6-4-7-16-31/h4-6,8,10-15,17,19-27,29,34H,7,9,16,18,28H2,1-3H3.